The summed E-state index contributed by atoms with van der Waals surface area (Å²) in [6.45, 7) is 1.08. The molecule has 0 bridgehead atoms. The molecule has 82 valence electrons. The second-order valence-electron chi connectivity index (χ2n) is 4.35. The highest BCUT2D eigenvalue weighted by Gasteiger charge is 2.17. The molecule has 0 radical (unpaired) electrons. The van der Waals surface area contributed by atoms with E-state index in [-0.39, 0.29) is 0 Å². The van der Waals surface area contributed by atoms with Crippen molar-refractivity contribution in [2.75, 3.05) is 24.2 Å². The number of nitrogens with two attached hydrogens (primary N) is 1. The highest BCUT2D eigenvalue weighted by molar-refractivity contribution is 5.40. The van der Waals surface area contributed by atoms with Crippen molar-refractivity contribution in [1.82, 2.24) is 10.2 Å². The Morgan fingerprint density at radius 1 is 1.33 bits per heavy atom. The van der Waals surface area contributed by atoms with Gasteiger partial charge in [-0.2, -0.15) is 0 Å². The maximum absolute atomic E-state index is 5.50. The summed E-state index contributed by atoms with van der Waals surface area (Å²) in [6, 6.07) is 3.73. The lowest BCUT2D eigenvalue weighted by Crippen LogP contribution is -2.25. The van der Waals surface area contributed by atoms with Gasteiger partial charge in [0.1, 0.15) is 5.82 Å². The Kier molecular flexibility index (Phi) is 3.04. The molecule has 4 heteroatoms. The molecule has 0 aliphatic heterocycles. The van der Waals surface area contributed by atoms with E-state index < -0.39 is 0 Å². The van der Waals surface area contributed by atoms with Crippen LogP contribution in [0.25, 0.3) is 0 Å². The van der Waals surface area contributed by atoms with Crippen LogP contribution in [-0.4, -0.2) is 23.8 Å². The van der Waals surface area contributed by atoms with Gasteiger partial charge >= 0.3 is 0 Å². The molecule has 4 nitrogen and oxygen atoms in total. The molecule has 2 rings (SSSR count). The fourth-order valence-corrected chi connectivity index (χ4v) is 2.21. The van der Waals surface area contributed by atoms with E-state index in [1.165, 1.54) is 25.7 Å². The average Bonchev–Trinajstić information content (AvgIpc) is 2.71. The summed E-state index contributed by atoms with van der Waals surface area (Å²) in [6.07, 6.45) is 5.47. The minimum absolute atomic E-state index is 0.480. The normalized spacial score (nSPS) is 16.9. The highest BCUT2D eigenvalue weighted by atomic mass is 15.3. The third-order valence-corrected chi connectivity index (χ3v) is 3.07. The Morgan fingerprint density at radius 2 is 2.07 bits per heavy atom. The topological polar surface area (TPSA) is 55.0 Å². The second kappa shape index (κ2) is 4.47. The van der Waals surface area contributed by atoms with Gasteiger partial charge in [0.2, 0.25) is 0 Å². The zero-order valence-electron chi connectivity index (χ0n) is 9.19. The highest BCUT2D eigenvalue weighted by Crippen LogP contribution is 2.26. The summed E-state index contributed by atoms with van der Waals surface area (Å²) in [7, 11) is 2.07. The van der Waals surface area contributed by atoms with E-state index in [0.717, 1.165) is 18.3 Å². The van der Waals surface area contributed by atoms with Gasteiger partial charge in [-0.25, -0.2) is 0 Å². The maximum atomic E-state index is 5.50. The molecule has 2 N–H and O–H groups in total. The summed E-state index contributed by atoms with van der Waals surface area (Å²) in [4.78, 5) is 2.17. The number of anilines is 2. The number of rotatable bonds is 3. The van der Waals surface area contributed by atoms with Crippen LogP contribution in [0.3, 0.4) is 0 Å². The van der Waals surface area contributed by atoms with E-state index in [1.807, 2.05) is 6.07 Å². The first kappa shape index (κ1) is 10.2. The van der Waals surface area contributed by atoms with E-state index in [0.29, 0.717) is 5.82 Å². The molecule has 0 spiro atoms. The summed E-state index contributed by atoms with van der Waals surface area (Å²) in [5.41, 5.74) is 5.50. The van der Waals surface area contributed by atoms with Crippen molar-refractivity contribution in [2.24, 2.45) is 5.92 Å². The van der Waals surface area contributed by atoms with Crippen molar-refractivity contribution < 1.29 is 0 Å². The summed E-state index contributed by atoms with van der Waals surface area (Å²) in [5.74, 6) is 2.22. The Hall–Kier alpha value is -1.32. The lowest BCUT2D eigenvalue weighted by molar-refractivity contribution is 0.544. The number of hydrogen-bond acceptors (Lipinski definition) is 4. The molecule has 1 aromatic heterocycles. The zero-order valence-corrected chi connectivity index (χ0v) is 9.19. The van der Waals surface area contributed by atoms with Crippen LogP contribution in [0.5, 0.6) is 0 Å². The Bertz CT molecular complexity index is 303. The summed E-state index contributed by atoms with van der Waals surface area (Å²) in [5, 5.41) is 7.93. The van der Waals surface area contributed by atoms with Crippen LogP contribution in [0.2, 0.25) is 0 Å². The van der Waals surface area contributed by atoms with Gasteiger partial charge in [-0.1, -0.05) is 12.8 Å². The molecule has 0 unspecified atom stereocenters. The smallest absolute Gasteiger partial charge is 0.151 e. The van der Waals surface area contributed by atoms with Gasteiger partial charge in [-0.15, -0.1) is 10.2 Å². The van der Waals surface area contributed by atoms with Crippen LogP contribution in [0, 0.1) is 5.92 Å². The predicted octanol–water partition coefficient (Wildman–Crippen LogP) is 1.69. The molecule has 0 amide bonds. The van der Waals surface area contributed by atoms with Gasteiger partial charge in [0.15, 0.2) is 5.82 Å². The standard InChI is InChI=1S/C11H18N4/c1-15(8-9-4-2-3-5-9)11-7-6-10(12)13-14-11/h6-7,9H,2-5,8H2,1H3,(H2,12,13). The first-order valence-corrected chi connectivity index (χ1v) is 5.56. The van der Waals surface area contributed by atoms with Crippen molar-refractivity contribution in [1.29, 1.82) is 0 Å². The third-order valence-electron chi connectivity index (χ3n) is 3.07. The second-order valence-corrected chi connectivity index (χ2v) is 4.35. The lowest BCUT2D eigenvalue weighted by Gasteiger charge is -2.21. The average molecular weight is 206 g/mol. The predicted molar refractivity (Wildman–Crippen MR) is 61.7 cm³/mol. The molecule has 1 heterocycles. The molecule has 1 aromatic rings. The Morgan fingerprint density at radius 3 is 2.67 bits per heavy atom. The molecule has 15 heavy (non-hydrogen) atoms. The zero-order chi connectivity index (χ0) is 10.7. The summed E-state index contributed by atoms with van der Waals surface area (Å²) >= 11 is 0. The van der Waals surface area contributed by atoms with Gasteiger partial charge in [-0.3, -0.25) is 0 Å². The van der Waals surface area contributed by atoms with Crippen molar-refractivity contribution in [3.05, 3.63) is 12.1 Å². The third kappa shape index (κ3) is 2.58. The molecular weight excluding hydrogens is 188 g/mol. The number of nitrogen functional groups attached to an aromatic ring is 1. The quantitative estimate of drug-likeness (QED) is 0.817. The molecule has 0 atom stereocenters. The molecule has 1 fully saturated rings. The minimum atomic E-state index is 0.480. The largest absolute Gasteiger partial charge is 0.382 e. The number of aromatic nitrogens is 2. The number of hydrogen-bond donors (Lipinski definition) is 1. The first-order chi connectivity index (χ1) is 7.25. The minimum Gasteiger partial charge on any atom is -0.382 e. The fourth-order valence-electron chi connectivity index (χ4n) is 2.21. The van der Waals surface area contributed by atoms with Crippen LogP contribution in [-0.2, 0) is 0 Å². The van der Waals surface area contributed by atoms with Gasteiger partial charge in [0.05, 0.1) is 0 Å². The van der Waals surface area contributed by atoms with Crippen molar-refractivity contribution in [3.8, 4) is 0 Å². The van der Waals surface area contributed by atoms with E-state index in [2.05, 4.69) is 22.1 Å². The first-order valence-electron chi connectivity index (χ1n) is 5.56. The molecule has 0 aromatic carbocycles. The van der Waals surface area contributed by atoms with Gasteiger partial charge in [0.25, 0.3) is 0 Å². The van der Waals surface area contributed by atoms with Crippen molar-refractivity contribution in [2.45, 2.75) is 25.7 Å². The Balaban J connectivity index is 1.94. The molecule has 1 saturated carbocycles. The van der Waals surface area contributed by atoms with Crippen LogP contribution < -0.4 is 10.6 Å². The van der Waals surface area contributed by atoms with Gasteiger partial charge < -0.3 is 10.6 Å². The van der Waals surface area contributed by atoms with Crippen molar-refractivity contribution in [3.63, 3.8) is 0 Å². The monoisotopic (exact) mass is 206 g/mol. The van der Waals surface area contributed by atoms with E-state index >= 15 is 0 Å². The van der Waals surface area contributed by atoms with Crippen molar-refractivity contribution >= 4 is 11.6 Å². The Labute approximate surface area is 90.5 Å². The van der Waals surface area contributed by atoms with Gasteiger partial charge in [-0.05, 0) is 30.9 Å². The van der Waals surface area contributed by atoms with E-state index in [9.17, 15) is 0 Å². The summed E-state index contributed by atoms with van der Waals surface area (Å²) < 4.78 is 0. The molecule has 0 saturated heterocycles. The van der Waals surface area contributed by atoms with E-state index in [4.69, 9.17) is 5.73 Å². The molecular formula is C11H18N4. The van der Waals surface area contributed by atoms with Crippen LogP contribution in [0.4, 0.5) is 11.6 Å². The maximum Gasteiger partial charge on any atom is 0.151 e. The van der Waals surface area contributed by atoms with Crippen LogP contribution in [0.1, 0.15) is 25.7 Å². The SMILES string of the molecule is CN(CC1CCCC1)c1ccc(N)nn1. The van der Waals surface area contributed by atoms with Crippen LogP contribution >= 0.6 is 0 Å². The van der Waals surface area contributed by atoms with Gasteiger partial charge in [0, 0.05) is 13.6 Å². The van der Waals surface area contributed by atoms with Crippen LogP contribution in [0.15, 0.2) is 12.1 Å². The molecule has 1 aliphatic carbocycles. The van der Waals surface area contributed by atoms with E-state index in [1.54, 1.807) is 6.07 Å². The number of nitrogens with zero attached hydrogens (tertiary/aromatic N) is 3. The lowest BCUT2D eigenvalue weighted by atomic mass is 10.1. The molecule has 1 aliphatic rings. The fraction of sp³-hybridized carbons (Fsp3) is 0.636.